The minimum atomic E-state index is -3.45. The van der Waals surface area contributed by atoms with Gasteiger partial charge in [-0.1, -0.05) is 18.5 Å². The largest absolute Gasteiger partial charge is 0.342 e. The van der Waals surface area contributed by atoms with Crippen LogP contribution in [-0.4, -0.2) is 49.7 Å². The Balaban J connectivity index is 1.60. The summed E-state index contributed by atoms with van der Waals surface area (Å²) < 4.78 is 27.5. The molecule has 1 aromatic heterocycles. The molecule has 0 radical (unpaired) electrons. The van der Waals surface area contributed by atoms with Crippen LogP contribution in [0.5, 0.6) is 0 Å². The van der Waals surface area contributed by atoms with E-state index >= 15 is 0 Å². The molecule has 0 aliphatic carbocycles. The molecular formula is C16H23ClN2O3S2. The number of sulfonamides is 1. The van der Waals surface area contributed by atoms with Crippen LogP contribution < -0.4 is 0 Å². The maximum Gasteiger partial charge on any atom is 0.252 e. The lowest BCUT2D eigenvalue weighted by atomic mass is 9.85. The van der Waals surface area contributed by atoms with Crippen LogP contribution >= 0.6 is 22.9 Å². The lowest BCUT2D eigenvalue weighted by Gasteiger charge is -2.34. The molecule has 24 heavy (non-hydrogen) atoms. The van der Waals surface area contributed by atoms with E-state index in [1.54, 1.807) is 12.1 Å². The fraction of sp³-hybridized carbons (Fsp3) is 0.688. The Hall–Kier alpha value is -0.630. The number of rotatable bonds is 4. The summed E-state index contributed by atoms with van der Waals surface area (Å²) in [6, 6.07) is 3.18. The number of piperidine rings is 1. The highest BCUT2D eigenvalue weighted by Gasteiger charge is 2.35. The summed E-state index contributed by atoms with van der Waals surface area (Å²) in [4.78, 5) is 14.5. The molecule has 1 aromatic rings. The van der Waals surface area contributed by atoms with Gasteiger partial charge in [-0.25, -0.2) is 8.42 Å². The van der Waals surface area contributed by atoms with Crippen molar-refractivity contribution in [2.75, 3.05) is 26.2 Å². The Kier molecular flexibility index (Phi) is 5.54. The molecule has 2 fully saturated rings. The first-order valence-corrected chi connectivity index (χ1v) is 11.1. The average Bonchev–Trinajstić information content (AvgIpc) is 3.25. The van der Waals surface area contributed by atoms with Gasteiger partial charge in [0.2, 0.25) is 5.91 Å². The number of carbonyl (C=O) groups excluding carboxylic acids is 1. The summed E-state index contributed by atoms with van der Waals surface area (Å²) in [5.41, 5.74) is 0. The fourth-order valence-electron chi connectivity index (χ4n) is 3.61. The molecule has 0 bridgehead atoms. The van der Waals surface area contributed by atoms with Gasteiger partial charge in [0.25, 0.3) is 10.0 Å². The molecule has 0 saturated carbocycles. The van der Waals surface area contributed by atoms with Crippen LogP contribution in [0.1, 0.15) is 32.6 Å². The quantitative estimate of drug-likeness (QED) is 0.793. The molecule has 0 N–H and O–H groups in total. The normalized spacial score (nSPS) is 22.0. The van der Waals surface area contributed by atoms with Crippen molar-refractivity contribution < 1.29 is 13.2 Å². The molecule has 1 atom stereocenters. The van der Waals surface area contributed by atoms with Gasteiger partial charge in [-0.3, -0.25) is 4.79 Å². The van der Waals surface area contributed by atoms with Crippen molar-refractivity contribution in [2.45, 2.75) is 36.8 Å². The maximum absolute atomic E-state index is 12.6. The summed E-state index contributed by atoms with van der Waals surface area (Å²) >= 11 is 6.95. The predicted molar refractivity (Wildman–Crippen MR) is 95.8 cm³/mol. The fourth-order valence-corrected chi connectivity index (χ4v) is 6.71. The highest BCUT2D eigenvalue weighted by molar-refractivity contribution is 7.91. The number of carbonyl (C=O) groups is 1. The van der Waals surface area contributed by atoms with E-state index < -0.39 is 10.0 Å². The number of nitrogens with zero attached hydrogens (tertiary/aromatic N) is 2. The smallest absolute Gasteiger partial charge is 0.252 e. The van der Waals surface area contributed by atoms with Gasteiger partial charge in [-0.05, 0) is 43.7 Å². The zero-order valence-corrected chi connectivity index (χ0v) is 16.2. The monoisotopic (exact) mass is 390 g/mol. The number of hydrogen-bond donors (Lipinski definition) is 0. The van der Waals surface area contributed by atoms with E-state index in [0.717, 1.165) is 50.1 Å². The number of halogens is 1. The molecule has 2 saturated heterocycles. The molecule has 0 unspecified atom stereocenters. The number of thiophene rings is 1. The van der Waals surface area contributed by atoms with Gasteiger partial charge >= 0.3 is 0 Å². The van der Waals surface area contributed by atoms with Crippen LogP contribution in [0.2, 0.25) is 4.34 Å². The van der Waals surface area contributed by atoms with Gasteiger partial charge < -0.3 is 4.90 Å². The third kappa shape index (κ3) is 3.64. The van der Waals surface area contributed by atoms with E-state index in [9.17, 15) is 13.2 Å². The zero-order chi connectivity index (χ0) is 17.3. The van der Waals surface area contributed by atoms with Crippen molar-refractivity contribution in [1.82, 2.24) is 9.21 Å². The molecule has 8 heteroatoms. The molecule has 3 heterocycles. The van der Waals surface area contributed by atoms with Crippen molar-refractivity contribution in [2.24, 2.45) is 11.8 Å². The van der Waals surface area contributed by atoms with Gasteiger partial charge in [0.05, 0.1) is 4.34 Å². The van der Waals surface area contributed by atoms with Gasteiger partial charge in [-0.2, -0.15) is 4.31 Å². The second-order valence-corrected chi connectivity index (χ2v) is 10.5. The molecule has 0 aromatic carbocycles. The third-order valence-corrected chi connectivity index (χ3v) is 8.75. The third-order valence-electron chi connectivity index (χ3n) is 5.16. The van der Waals surface area contributed by atoms with Crippen molar-refractivity contribution in [1.29, 1.82) is 0 Å². The van der Waals surface area contributed by atoms with Gasteiger partial charge in [0.15, 0.2) is 0 Å². The predicted octanol–water partition coefficient (Wildman–Crippen LogP) is 3.06. The summed E-state index contributed by atoms with van der Waals surface area (Å²) in [5, 5.41) is 0. The molecule has 2 aliphatic rings. The Bertz CT molecular complexity index is 690. The van der Waals surface area contributed by atoms with Crippen LogP contribution in [0.15, 0.2) is 16.3 Å². The van der Waals surface area contributed by atoms with Crippen LogP contribution in [0.25, 0.3) is 0 Å². The minimum absolute atomic E-state index is 0.0239. The van der Waals surface area contributed by atoms with E-state index in [0.29, 0.717) is 21.6 Å². The highest BCUT2D eigenvalue weighted by atomic mass is 35.5. The van der Waals surface area contributed by atoms with E-state index in [-0.39, 0.29) is 17.7 Å². The summed E-state index contributed by atoms with van der Waals surface area (Å²) in [6.45, 7) is 4.68. The number of amides is 1. The standard InChI is InChI=1S/C16H23ClN2O3S2/c1-12(16(20)18-8-2-3-9-18)13-6-10-19(11-7-13)24(21,22)15-5-4-14(17)23-15/h4-5,12-13H,2-3,6-11H2,1H3/t12-/m1/s1. The lowest BCUT2D eigenvalue weighted by Crippen LogP contribution is -2.43. The molecule has 5 nitrogen and oxygen atoms in total. The maximum atomic E-state index is 12.6. The highest BCUT2D eigenvalue weighted by Crippen LogP contribution is 2.33. The van der Waals surface area contributed by atoms with E-state index in [1.807, 2.05) is 11.8 Å². The van der Waals surface area contributed by atoms with E-state index in [4.69, 9.17) is 11.6 Å². The first-order chi connectivity index (χ1) is 11.4. The Labute approximate surface area is 152 Å². The summed E-state index contributed by atoms with van der Waals surface area (Å²) in [5.74, 6) is 0.472. The minimum Gasteiger partial charge on any atom is -0.342 e. The molecule has 134 valence electrons. The second-order valence-electron chi connectivity index (χ2n) is 6.62. The van der Waals surface area contributed by atoms with Gasteiger partial charge in [0.1, 0.15) is 4.21 Å². The molecule has 3 rings (SSSR count). The van der Waals surface area contributed by atoms with E-state index in [1.165, 1.54) is 4.31 Å². The topological polar surface area (TPSA) is 57.7 Å². The Morgan fingerprint density at radius 2 is 1.83 bits per heavy atom. The molecular weight excluding hydrogens is 368 g/mol. The van der Waals surface area contributed by atoms with Gasteiger partial charge in [0, 0.05) is 32.1 Å². The lowest BCUT2D eigenvalue weighted by molar-refractivity contribution is -0.136. The van der Waals surface area contributed by atoms with E-state index in [2.05, 4.69) is 0 Å². The zero-order valence-electron chi connectivity index (χ0n) is 13.8. The molecule has 1 amide bonds. The SMILES string of the molecule is C[C@@H](C(=O)N1CCCC1)C1CCN(S(=O)(=O)c2ccc(Cl)s2)CC1. The Morgan fingerprint density at radius 1 is 1.21 bits per heavy atom. The average molecular weight is 391 g/mol. The number of hydrogen-bond acceptors (Lipinski definition) is 4. The summed E-state index contributed by atoms with van der Waals surface area (Å²) in [6.07, 6.45) is 3.66. The van der Waals surface area contributed by atoms with Gasteiger partial charge in [-0.15, -0.1) is 11.3 Å². The van der Waals surface area contributed by atoms with Crippen molar-refractivity contribution in [3.8, 4) is 0 Å². The number of likely N-dealkylation sites (tertiary alicyclic amines) is 1. The van der Waals surface area contributed by atoms with Crippen molar-refractivity contribution in [3.63, 3.8) is 0 Å². The molecule has 2 aliphatic heterocycles. The Morgan fingerprint density at radius 3 is 2.38 bits per heavy atom. The van der Waals surface area contributed by atoms with Crippen molar-refractivity contribution >= 4 is 38.9 Å². The first kappa shape index (κ1) is 18.2. The first-order valence-electron chi connectivity index (χ1n) is 8.44. The second kappa shape index (κ2) is 7.32. The van der Waals surface area contributed by atoms with Crippen molar-refractivity contribution in [3.05, 3.63) is 16.5 Å². The van der Waals surface area contributed by atoms with Crippen LogP contribution in [0.4, 0.5) is 0 Å². The molecule has 0 spiro atoms. The summed E-state index contributed by atoms with van der Waals surface area (Å²) in [7, 11) is -3.45. The van der Waals surface area contributed by atoms with Crippen LogP contribution in [-0.2, 0) is 14.8 Å². The van der Waals surface area contributed by atoms with Crippen LogP contribution in [0.3, 0.4) is 0 Å². The van der Waals surface area contributed by atoms with Crippen LogP contribution in [0, 0.1) is 11.8 Å².